The van der Waals surface area contributed by atoms with E-state index in [1.165, 1.54) is 25.7 Å². The summed E-state index contributed by atoms with van der Waals surface area (Å²) in [6.45, 7) is 5.37. The van der Waals surface area contributed by atoms with Crippen LogP contribution in [0.15, 0.2) is 23.2 Å². The van der Waals surface area contributed by atoms with E-state index in [0.29, 0.717) is 23.5 Å². The molecule has 1 aliphatic carbocycles. The quantitative estimate of drug-likeness (QED) is 0.602. The normalized spacial score (nSPS) is 20.0. The highest BCUT2D eigenvalue weighted by Crippen LogP contribution is 2.47. The number of guanidine groups is 1. The van der Waals surface area contributed by atoms with Crippen molar-refractivity contribution in [1.29, 1.82) is 0 Å². The van der Waals surface area contributed by atoms with Gasteiger partial charge in [0.25, 0.3) is 0 Å². The van der Waals surface area contributed by atoms with Crippen LogP contribution in [0.4, 0.5) is 0 Å². The maximum atomic E-state index is 10.6. The molecule has 1 aromatic carbocycles. The number of aliphatic imine (C=N–C) groups is 1. The molecule has 0 radical (unpaired) electrons. The zero-order valence-corrected chi connectivity index (χ0v) is 16.1. The van der Waals surface area contributed by atoms with Gasteiger partial charge < -0.3 is 24.8 Å². The van der Waals surface area contributed by atoms with E-state index >= 15 is 0 Å². The van der Waals surface area contributed by atoms with Crippen LogP contribution < -0.4 is 14.8 Å². The lowest BCUT2D eigenvalue weighted by molar-refractivity contribution is 0.151. The van der Waals surface area contributed by atoms with E-state index in [1.807, 2.05) is 18.2 Å². The molecule has 0 aromatic heterocycles. The zero-order valence-electron chi connectivity index (χ0n) is 16.1. The molecular weight excluding hydrogens is 330 g/mol. The Morgan fingerprint density at radius 2 is 2.04 bits per heavy atom. The second-order valence-corrected chi connectivity index (χ2v) is 7.35. The first-order valence-electron chi connectivity index (χ1n) is 9.54. The van der Waals surface area contributed by atoms with Crippen molar-refractivity contribution in [2.24, 2.45) is 10.4 Å². The highest BCUT2D eigenvalue weighted by atomic mass is 16.5. The summed E-state index contributed by atoms with van der Waals surface area (Å²) in [5, 5.41) is 14.0. The van der Waals surface area contributed by atoms with E-state index in [0.717, 1.165) is 31.2 Å². The third-order valence-corrected chi connectivity index (χ3v) is 5.69. The number of benzene rings is 1. The summed E-state index contributed by atoms with van der Waals surface area (Å²) in [4.78, 5) is 7.05. The van der Waals surface area contributed by atoms with Crippen molar-refractivity contribution in [2.45, 2.75) is 38.7 Å². The minimum absolute atomic E-state index is 0.321. The third kappa shape index (κ3) is 3.90. The maximum Gasteiger partial charge on any atom is 0.194 e. The first kappa shape index (κ1) is 18.8. The minimum atomic E-state index is -0.677. The second kappa shape index (κ2) is 8.16. The molecule has 2 aliphatic rings. The van der Waals surface area contributed by atoms with Gasteiger partial charge in [0, 0.05) is 19.6 Å². The molecular formula is C20H31N3O3. The van der Waals surface area contributed by atoms with Gasteiger partial charge in [0.15, 0.2) is 17.5 Å². The molecule has 6 heteroatoms. The van der Waals surface area contributed by atoms with Gasteiger partial charge in [-0.3, -0.25) is 4.99 Å². The average molecular weight is 361 g/mol. The van der Waals surface area contributed by atoms with Crippen molar-refractivity contribution >= 4 is 5.96 Å². The lowest BCUT2D eigenvalue weighted by Gasteiger charge is -2.38. The Labute approximate surface area is 156 Å². The number of nitrogens with zero attached hydrogens (tertiary/aromatic N) is 2. The number of hydrogen-bond acceptors (Lipinski definition) is 4. The molecule has 1 spiro atoms. The van der Waals surface area contributed by atoms with Crippen molar-refractivity contribution in [3.05, 3.63) is 23.8 Å². The highest BCUT2D eigenvalue weighted by Gasteiger charge is 2.43. The first-order chi connectivity index (χ1) is 12.6. The highest BCUT2D eigenvalue weighted by molar-refractivity contribution is 5.80. The molecule has 1 heterocycles. The lowest BCUT2D eigenvalue weighted by atomic mass is 9.68. The Hall–Kier alpha value is -1.95. The molecule has 1 atom stereocenters. The molecule has 2 N–H and O–H groups in total. The summed E-state index contributed by atoms with van der Waals surface area (Å²) in [7, 11) is 3.20. The fourth-order valence-electron chi connectivity index (χ4n) is 3.97. The summed E-state index contributed by atoms with van der Waals surface area (Å²) in [6, 6.07) is 5.48. The van der Waals surface area contributed by atoms with Crippen LogP contribution in [-0.2, 0) is 0 Å². The fourth-order valence-corrected chi connectivity index (χ4v) is 3.97. The monoisotopic (exact) mass is 361 g/mol. The van der Waals surface area contributed by atoms with Gasteiger partial charge in [-0.1, -0.05) is 12.5 Å². The van der Waals surface area contributed by atoms with Gasteiger partial charge in [-0.25, -0.2) is 0 Å². The molecule has 1 aliphatic heterocycles. The molecule has 144 valence electrons. The largest absolute Gasteiger partial charge is 0.493 e. The molecule has 0 amide bonds. The van der Waals surface area contributed by atoms with Crippen LogP contribution in [0.1, 0.15) is 44.3 Å². The third-order valence-electron chi connectivity index (χ3n) is 5.69. The predicted octanol–water partition coefficient (Wildman–Crippen LogP) is 2.58. The van der Waals surface area contributed by atoms with Crippen molar-refractivity contribution in [2.75, 3.05) is 40.4 Å². The van der Waals surface area contributed by atoms with Crippen LogP contribution in [0.5, 0.6) is 11.5 Å². The summed E-state index contributed by atoms with van der Waals surface area (Å²) < 4.78 is 10.6. The molecule has 26 heavy (non-hydrogen) atoms. The summed E-state index contributed by atoms with van der Waals surface area (Å²) in [5.41, 5.74) is 1.30. The molecule has 1 unspecified atom stereocenters. The number of ether oxygens (including phenoxy) is 2. The molecule has 3 rings (SSSR count). The van der Waals surface area contributed by atoms with E-state index < -0.39 is 6.10 Å². The van der Waals surface area contributed by atoms with Crippen LogP contribution in [0.2, 0.25) is 0 Å². The van der Waals surface area contributed by atoms with Crippen LogP contribution in [-0.4, -0.2) is 56.4 Å². The van der Waals surface area contributed by atoms with Crippen molar-refractivity contribution in [3.63, 3.8) is 0 Å². The van der Waals surface area contributed by atoms with E-state index in [1.54, 1.807) is 14.2 Å². The molecule has 6 nitrogen and oxygen atoms in total. The lowest BCUT2D eigenvalue weighted by Crippen LogP contribution is -2.42. The Kier molecular flexibility index (Phi) is 5.91. The van der Waals surface area contributed by atoms with Crippen LogP contribution >= 0.6 is 0 Å². The minimum Gasteiger partial charge on any atom is -0.493 e. The van der Waals surface area contributed by atoms with Gasteiger partial charge in [-0.2, -0.15) is 0 Å². The smallest absolute Gasteiger partial charge is 0.194 e. The van der Waals surface area contributed by atoms with Crippen molar-refractivity contribution < 1.29 is 14.6 Å². The molecule has 0 bridgehead atoms. The number of rotatable bonds is 6. The Balaban J connectivity index is 1.67. The van der Waals surface area contributed by atoms with Crippen molar-refractivity contribution in [1.82, 2.24) is 10.2 Å². The van der Waals surface area contributed by atoms with Crippen molar-refractivity contribution in [3.8, 4) is 11.5 Å². The van der Waals surface area contributed by atoms with E-state index in [9.17, 15) is 5.11 Å². The zero-order chi connectivity index (χ0) is 18.6. The fraction of sp³-hybridized carbons (Fsp3) is 0.650. The van der Waals surface area contributed by atoms with Gasteiger partial charge in [-0.05, 0) is 49.3 Å². The number of nitrogens with one attached hydrogen (secondary N) is 1. The van der Waals surface area contributed by atoms with Crippen LogP contribution in [0.25, 0.3) is 0 Å². The van der Waals surface area contributed by atoms with E-state index in [4.69, 9.17) is 14.5 Å². The number of methoxy groups -OCH3 is 2. The van der Waals surface area contributed by atoms with Gasteiger partial charge in [-0.15, -0.1) is 0 Å². The summed E-state index contributed by atoms with van der Waals surface area (Å²) in [5.74, 6) is 2.19. The van der Waals surface area contributed by atoms with Gasteiger partial charge in [0.2, 0.25) is 0 Å². The van der Waals surface area contributed by atoms with Gasteiger partial charge in [0.1, 0.15) is 0 Å². The van der Waals surface area contributed by atoms with Crippen LogP contribution in [0, 0.1) is 5.41 Å². The predicted molar refractivity (Wildman–Crippen MR) is 103 cm³/mol. The van der Waals surface area contributed by atoms with Gasteiger partial charge >= 0.3 is 0 Å². The van der Waals surface area contributed by atoms with E-state index in [-0.39, 0.29) is 0 Å². The Morgan fingerprint density at radius 1 is 1.27 bits per heavy atom. The number of aliphatic hydroxyl groups is 1. The Bertz CT molecular complexity index is 643. The Morgan fingerprint density at radius 3 is 2.62 bits per heavy atom. The maximum absolute atomic E-state index is 10.6. The number of aliphatic hydroxyl groups excluding tert-OH is 1. The summed E-state index contributed by atoms with van der Waals surface area (Å²) >= 11 is 0. The average Bonchev–Trinajstić information content (AvgIpc) is 3.10. The second-order valence-electron chi connectivity index (χ2n) is 7.35. The number of likely N-dealkylation sites (tertiary alicyclic amines) is 1. The topological polar surface area (TPSA) is 66.3 Å². The molecule has 2 fully saturated rings. The standard InChI is InChI=1S/C20H31N3O3/c1-4-21-19(23-11-10-20(14-23)8-5-9-20)22-13-16(24)15-6-7-17(25-2)18(12-15)26-3/h6-7,12,16,24H,4-5,8-11,13-14H2,1-3H3,(H,21,22). The first-order valence-corrected chi connectivity index (χ1v) is 9.54. The molecule has 1 saturated heterocycles. The molecule has 1 saturated carbocycles. The van der Waals surface area contributed by atoms with Gasteiger partial charge in [0.05, 0.1) is 26.9 Å². The SMILES string of the molecule is CCNC(=NCC(O)c1ccc(OC)c(OC)c1)N1CCC2(CCC2)C1. The molecule has 1 aromatic rings. The number of hydrogen-bond donors (Lipinski definition) is 2. The summed E-state index contributed by atoms with van der Waals surface area (Å²) in [6.07, 6.45) is 4.63. The van der Waals surface area contributed by atoms with E-state index in [2.05, 4.69) is 17.1 Å². The van der Waals surface area contributed by atoms with Crippen LogP contribution in [0.3, 0.4) is 0 Å².